The van der Waals surface area contributed by atoms with Crippen molar-refractivity contribution in [3.05, 3.63) is 96.2 Å². The third kappa shape index (κ3) is 9.56. The van der Waals surface area contributed by atoms with Gasteiger partial charge in [0.1, 0.15) is 0 Å². The molecule has 0 bridgehead atoms. The summed E-state index contributed by atoms with van der Waals surface area (Å²) in [5.74, 6) is 0. The summed E-state index contributed by atoms with van der Waals surface area (Å²) in [4.78, 5) is 9.72. The molecule has 1 aromatic heterocycles. The maximum absolute atomic E-state index is 9.29. The zero-order chi connectivity index (χ0) is 26.6. The third-order valence-corrected chi connectivity index (χ3v) is 6.18. The van der Waals surface area contributed by atoms with Gasteiger partial charge in [0.2, 0.25) is 0 Å². The summed E-state index contributed by atoms with van der Waals surface area (Å²) in [6, 6.07) is 28.0. The molecule has 1 heterocycles. The van der Waals surface area contributed by atoms with Crippen molar-refractivity contribution >= 4 is 0 Å². The van der Waals surface area contributed by atoms with Gasteiger partial charge in [-0.3, -0.25) is 4.98 Å². The standard InChI is InChI=1S/C24H19N2.C9H20O2.Ir/c1-17-8-12-20(13-9-17)23-24(21-14-10-18(2)11-15-21)26-22(16-25-23)19-6-4-3-5-7-19;1-3-5-8(10)7-9(11)6-4-2;/h3-12,14-16H,1-2H3;8-11H,3-7H2,1-2H3;/q-1;;. The first kappa shape index (κ1) is 31.5. The van der Waals surface area contributed by atoms with Crippen molar-refractivity contribution in [1.29, 1.82) is 0 Å². The molecule has 2 atom stereocenters. The van der Waals surface area contributed by atoms with Crippen LogP contribution in [0.4, 0.5) is 0 Å². The molecule has 0 spiro atoms. The smallest absolute Gasteiger partial charge is 0.0873 e. The summed E-state index contributed by atoms with van der Waals surface area (Å²) >= 11 is 0. The van der Waals surface area contributed by atoms with Gasteiger partial charge in [0.05, 0.1) is 23.6 Å². The topological polar surface area (TPSA) is 66.2 Å². The molecule has 0 saturated heterocycles. The number of rotatable bonds is 9. The Morgan fingerprint density at radius 3 is 1.89 bits per heavy atom. The van der Waals surface area contributed by atoms with Crippen LogP contribution in [0.15, 0.2) is 79.0 Å². The number of hydrogen-bond donors (Lipinski definition) is 2. The molecule has 38 heavy (non-hydrogen) atoms. The van der Waals surface area contributed by atoms with Crippen LogP contribution in [0, 0.1) is 19.9 Å². The summed E-state index contributed by atoms with van der Waals surface area (Å²) < 4.78 is 0. The van der Waals surface area contributed by atoms with Crippen LogP contribution in [0.25, 0.3) is 33.8 Å². The maximum Gasteiger partial charge on any atom is 0.0873 e. The number of aliphatic hydroxyl groups is 2. The third-order valence-electron chi connectivity index (χ3n) is 6.18. The van der Waals surface area contributed by atoms with E-state index in [4.69, 9.17) is 9.97 Å². The summed E-state index contributed by atoms with van der Waals surface area (Å²) in [5, 5.41) is 18.6. The van der Waals surface area contributed by atoms with E-state index in [9.17, 15) is 10.2 Å². The second-order valence-electron chi connectivity index (χ2n) is 9.58. The van der Waals surface area contributed by atoms with E-state index in [-0.39, 0.29) is 32.3 Å². The average Bonchev–Trinajstić information content (AvgIpc) is 2.90. The monoisotopic (exact) mass is 688 g/mol. The Labute approximate surface area is 241 Å². The van der Waals surface area contributed by atoms with Gasteiger partial charge in [0.15, 0.2) is 0 Å². The van der Waals surface area contributed by atoms with Crippen LogP contribution in [0.1, 0.15) is 57.1 Å². The van der Waals surface area contributed by atoms with Crippen LogP contribution >= 0.6 is 0 Å². The Hall–Kier alpha value is -2.69. The fourth-order valence-corrected chi connectivity index (χ4v) is 4.11. The summed E-state index contributed by atoms with van der Waals surface area (Å²) in [5.41, 5.74) is 8.09. The van der Waals surface area contributed by atoms with Gasteiger partial charge in [-0.15, -0.1) is 35.4 Å². The van der Waals surface area contributed by atoms with Gasteiger partial charge in [-0.05, 0) is 31.7 Å². The predicted octanol–water partition coefficient (Wildman–Crippen LogP) is 7.59. The van der Waals surface area contributed by atoms with Crippen LogP contribution < -0.4 is 0 Å². The molecule has 4 nitrogen and oxygen atoms in total. The second kappa shape index (κ2) is 16.3. The second-order valence-corrected chi connectivity index (χ2v) is 9.58. The van der Waals surface area contributed by atoms with Crippen molar-refractivity contribution in [3.8, 4) is 33.8 Å². The molecule has 4 rings (SSSR count). The minimum Gasteiger partial charge on any atom is -0.393 e. The first-order valence-corrected chi connectivity index (χ1v) is 13.3. The van der Waals surface area contributed by atoms with Crippen LogP contribution in [0.3, 0.4) is 0 Å². The molecule has 2 unspecified atom stereocenters. The van der Waals surface area contributed by atoms with Gasteiger partial charge < -0.3 is 15.2 Å². The number of hydrogen-bond acceptors (Lipinski definition) is 4. The van der Waals surface area contributed by atoms with E-state index in [1.807, 2.05) is 44.3 Å². The van der Waals surface area contributed by atoms with E-state index in [0.717, 1.165) is 59.5 Å². The molecule has 1 radical (unpaired) electrons. The van der Waals surface area contributed by atoms with Gasteiger partial charge in [-0.2, -0.15) is 0 Å². The van der Waals surface area contributed by atoms with Crippen molar-refractivity contribution < 1.29 is 30.3 Å². The van der Waals surface area contributed by atoms with Gasteiger partial charge in [0.25, 0.3) is 0 Å². The zero-order valence-electron chi connectivity index (χ0n) is 22.8. The van der Waals surface area contributed by atoms with Crippen LogP contribution in [0.2, 0.25) is 0 Å². The number of aryl methyl sites for hydroxylation is 2. The molecule has 203 valence electrons. The van der Waals surface area contributed by atoms with Crippen molar-refractivity contribution in [1.82, 2.24) is 9.97 Å². The van der Waals surface area contributed by atoms with E-state index < -0.39 is 0 Å². The Bertz CT molecular complexity index is 1200. The molecule has 3 aromatic carbocycles. The minimum atomic E-state index is -0.304. The fourth-order valence-electron chi connectivity index (χ4n) is 4.11. The largest absolute Gasteiger partial charge is 0.393 e. The summed E-state index contributed by atoms with van der Waals surface area (Å²) in [7, 11) is 0. The van der Waals surface area contributed by atoms with E-state index in [0.29, 0.717) is 6.42 Å². The SMILES string of the molecule is CCCC(O)CC(O)CCC.Cc1c[c-]c(-c2ncc(-c3ccccc3)nc2-c2ccc(C)cc2)cc1.[Ir]. The van der Waals surface area contributed by atoms with Crippen LogP contribution in [-0.2, 0) is 20.1 Å². The van der Waals surface area contributed by atoms with E-state index in [1.165, 1.54) is 11.1 Å². The number of aliphatic hydroxyl groups excluding tert-OH is 2. The molecule has 0 saturated carbocycles. The normalized spacial score (nSPS) is 12.1. The number of nitrogens with zero attached hydrogens (tertiary/aromatic N) is 2. The fraction of sp³-hybridized carbons (Fsp3) is 0.333. The van der Waals surface area contributed by atoms with Gasteiger partial charge in [-0.1, -0.05) is 93.8 Å². The maximum atomic E-state index is 9.29. The zero-order valence-corrected chi connectivity index (χ0v) is 25.2. The summed E-state index contributed by atoms with van der Waals surface area (Å²) in [6.45, 7) is 8.22. The van der Waals surface area contributed by atoms with Crippen molar-refractivity contribution in [3.63, 3.8) is 0 Å². The first-order valence-electron chi connectivity index (χ1n) is 13.3. The Balaban J connectivity index is 0.000000362. The molecule has 0 aliphatic heterocycles. The van der Waals surface area contributed by atoms with Crippen molar-refractivity contribution in [2.45, 2.75) is 72.0 Å². The first-order chi connectivity index (χ1) is 17.9. The van der Waals surface area contributed by atoms with Crippen LogP contribution in [-0.4, -0.2) is 32.4 Å². The quantitative estimate of drug-likeness (QED) is 0.178. The number of aromatic nitrogens is 2. The Kier molecular flexibility index (Phi) is 13.5. The van der Waals surface area contributed by atoms with Gasteiger partial charge in [0, 0.05) is 37.6 Å². The molecule has 0 aliphatic carbocycles. The minimum absolute atomic E-state index is 0. The summed E-state index contributed by atoms with van der Waals surface area (Å²) in [6.07, 6.45) is 5.36. The van der Waals surface area contributed by atoms with Gasteiger partial charge >= 0.3 is 0 Å². The molecule has 0 amide bonds. The molecular formula is C33H39IrN2O2-. The van der Waals surface area contributed by atoms with Gasteiger partial charge in [-0.25, -0.2) is 0 Å². The molecule has 0 fully saturated rings. The number of benzene rings is 3. The van der Waals surface area contributed by atoms with Crippen molar-refractivity contribution in [2.75, 3.05) is 0 Å². The molecule has 5 heteroatoms. The molecule has 4 aromatic rings. The average molecular weight is 688 g/mol. The molecular weight excluding hydrogens is 649 g/mol. The van der Waals surface area contributed by atoms with E-state index >= 15 is 0 Å². The Morgan fingerprint density at radius 1 is 0.737 bits per heavy atom. The predicted molar refractivity (Wildman–Crippen MR) is 153 cm³/mol. The molecule has 0 aliphatic rings. The Morgan fingerprint density at radius 2 is 1.34 bits per heavy atom. The van der Waals surface area contributed by atoms with E-state index in [1.54, 1.807) is 0 Å². The van der Waals surface area contributed by atoms with Crippen LogP contribution in [0.5, 0.6) is 0 Å². The van der Waals surface area contributed by atoms with Crippen molar-refractivity contribution in [2.24, 2.45) is 0 Å². The molecule has 2 N–H and O–H groups in total. The van der Waals surface area contributed by atoms with E-state index in [2.05, 4.69) is 68.4 Å².